The van der Waals surface area contributed by atoms with Crippen molar-refractivity contribution in [3.63, 3.8) is 0 Å². The van der Waals surface area contributed by atoms with Gasteiger partial charge in [0.2, 0.25) is 11.8 Å². The number of rotatable bonds is 4. The zero-order chi connectivity index (χ0) is 27.1. The highest BCUT2D eigenvalue weighted by atomic mass is 19.4. The molecule has 4 aromatic rings. The number of ether oxygens (including phenoxy) is 1. The highest BCUT2D eigenvalue weighted by Crippen LogP contribution is 2.40. The Morgan fingerprint density at radius 2 is 1.69 bits per heavy atom. The molecule has 0 atom stereocenters. The highest BCUT2D eigenvalue weighted by molar-refractivity contribution is 5.96. The van der Waals surface area contributed by atoms with E-state index in [9.17, 15) is 18.0 Å². The number of hydrogen-bond donors (Lipinski definition) is 2. The van der Waals surface area contributed by atoms with Crippen LogP contribution in [0.15, 0.2) is 54.7 Å². The Hall–Kier alpha value is -4.45. The number of fused-ring (bicyclic) bond motifs is 3. The summed E-state index contributed by atoms with van der Waals surface area (Å²) < 4.78 is 49.6. The normalized spacial score (nSPS) is 15.3. The minimum absolute atomic E-state index is 0.0773. The Kier molecular flexibility index (Phi) is 6.18. The van der Waals surface area contributed by atoms with E-state index < -0.39 is 11.7 Å². The van der Waals surface area contributed by atoms with E-state index in [0.717, 1.165) is 17.2 Å². The topological polar surface area (TPSA) is 97.2 Å². The van der Waals surface area contributed by atoms with Gasteiger partial charge in [0, 0.05) is 55.3 Å². The molecule has 0 aliphatic carbocycles. The summed E-state index contributed by atoms with van der Waals surface area (Å²) in [5.41, 5.74) is 2.27. The Balaban J connectivity index is 1.49. The number of nitrogens with one attached hydrogen (secondary N) is 2. The lowest BCUT2D eigenvalue weighted by Crippen LogP contribution is -2.44. The molecule has 0 saturated carbocycles. The quantitative estimate of drug-likeness (QED) is 0.409. The van der Waals surface area contributed by atoms with Crippen LogP contribution in [0.2, 0.25) is 0 Å². The van der Waals surface area contributed by atoms with Gasteiger partial charge in [-0.25, -0.2) is 4.98 Å². The van der Waals surface area contributed by atoms with Crippen LogP contribution in [0.4, 0.5) is 24.5 Å². The average molecular weight is 536 g/mol. The maximum absolute atomic E-state index is 14.3. The standard InChI is InChI=1S/C27H24F3N7O2/c1-39-25-7-4-18(15-32-25)16-2-5-20-22(13-16)37-23(14-24(38)33-20)34-35-26(37)17-3-6-21(19(12-17)27(28,29)30)36-10-8-31-9-11-36/h2-7,12-13,15,31H,8-11,14H2,1H3,(H,33,38). The fourth-order valence-electron chi connectivity index (χ4n) is 4.97. The number of hydrogen-bond acceptors (Lipinski definition) is 7. The number of anilines is 2. The van der Waals surface area contributed by atoms with Gasteiger partial charge in [-0.05, 0) is 42.0 Å². The second-order valence-electron chi connectivity index (χ2n) is 9.29. The van der Waals surface area contributed by atoms with Crippen molar-refractivity contribution >= 4 is 17.3 Å². The number of alkyl halides is 3. The van der Waals surface area contributed by atoms with Crippen LogP contribution in [0.25, 0.3) is 28.2 Å². The number of amides is 1. The van der Waals surface area contributed by atoms with Crippen LogP contribution in [0.5, 0.6) is 5.88 Å². The Morgan fingerprint density at radius 1 is 0.923 bits per heavy atom. The summed E-state index contributed by atoms with van der Waals surface area (Å²) in [6.45, 7) is 2.18. The van der Waals surface area contributed by atoms with E-state index in [0.29, 0.717) is 49.3 Å². The lowest BCUT2D eigenvalue weighted by molar-refractivity contribution is -0.137. The molecule has 0 bridgehead atoms. The van der Waals surface area contributed by atoms with Gasteiger partial charge < -0.3 is 20.3 Å². The Morgan fingerprint density at radius 3 is 2.41 bits per heavy atom. The molecule has 2 aromatic heterocycles. The van der Waals surface area contributed by atoms with E-state index in [1.165, 1.54) is 13.2 Å². The minimum Gasteiger partial charge on any atom is -0.481 e. The number of carbonyl (C=O) groups excluding carboxylic acids is 1. The zero-order valence-electron chi connectivity index (χ0n) is 20.9. The maximum Gasteiger partial charge on any atom is 0.418 e. The molecule has 4 heterocycles. The van der Waals surface area contributed by atoms with Crippen LogP contribution < -0.4 is 20.3 Å². The van der Waals surface area contributed by atoms with E-state index >= 15 is 0 Å². The van der Waals surface area contributed by atoms with Gasteiger partial charge in [0.15, 0.2) is 5.82 Å². The van der Waals surface area contributed by atoms with E-state index in [2.05, 4.69) is 25.8 Å². The third-order valence-electron chi connectivity index (χ3n) is 6.86. The molecule has 6 rings (SSSR count). The number of pyridine rings is 1. The number of carbonyl (C=O) groups is 1. The molecule has 2 aromatic carbocycles. The molecule has 39 heavy (non-hydrogen) atoms. The van der Waals surface area contributed by atoms with Crippen LogP contribution in [-0.2, 0) is 17.4 Å². The number of methoxy groups -OCH3 is 1. The van der Waals surface area contributed by atoms with E-state index in [1.54, 1.807) is 33.9 Å². The van der Waals surface area contributed by atoms with Gasteiger partial charge in [-0.3, -0.25) is 9.36 Å². The predicted molar refractivity (Wildman–Crippen MR) is 139 cm³/mol. The van der Waals surface area contributed by atoms with Gasteiger partial charge >= 0.3 is 6.18 Å². The molecule has 0 spiro atoms. The van der Waals surface area contributed by atoms with Crippen molar-refractivity contribution in [2.24, 2.45) is 0 Å². The third-order valence-corrected chi connectivity index (χ3v) is 6.86. The first kappa shape index (κ1) is 24.9. The lowest BCUT2D eigenvalue weighted by Gasteiger charge is -2.31. The molecule has 0 radical (unpaired) electrons. The number of aromatic nitrogens is 4. The smallest absolute Gasteiger partial charge is 0.418 e. The van der Waals surface area contributed by atoms with Crippen LogP contribution in [0.3, 0.4) is 0 Å². The third kappa shape index (κ3) is 4.67. The van der Waals surface area contributed by atoms with Gasteiger partial charge in [0.1, 0.15) is 5.82 Å². The molecule has 2 aliphatic rings. The van der Waals surface area contributed by atoms with Crippen molar-refractivity contribution in [2.75, 3.05) is 43.5 Å². The molecule has 2 N–H and O–H groups in total. The van der Waals surface area contributed by atoms with Gasteiger partial charge in [-0.15, -0.1) is 10.2 Å². The first-order valence-electron chi connectivity index (χ1n) is 12.4. The fraction of sp³-hybridized carbons (Fsp3) is 0.259. The van der Waals surface area contributed by atoms with Crippen molar-refractivity contribution in [3.8, 4) is 34.1 Å². The molecule has 9 nitrogen and oxygen atoms in total. The first-order chi connectivity index (χ1) is 18.8. The Bertz CT molecular complexity index is 1540. The SMILES string of the molecule is COc1ccc(-c2ccc3c(c2)-n2c(nnc2-c2ccc(N4CCNCC4)c(C(F)(F)F)c2)CC(=O)N3)cn1. The van der Waals surface area contributed by atoms with Gasteiger partial charge in [0.25, 0.3) is 0 Å². The molecule has 1 fully saturated rings. The summed E-state index contributed by atoms with van der Waals surface area (Å²) in [7, 11) is 1.53. The Labute approximate surface area is 221 Å². The summed E-state index contributed by atoms with van der Waals surface area (Å²) >= 11 is 0. The molecule has 200 valence electrons. The van der Waals surface area contributed by atoms with Crippen molar-refractivity contribution in [1.82, 2.24) is 25.1 Å². The van der Waals surface area contributed by atoms with E-state index in [-0.39, 0.29) is 29.4 Å². The zero-order valence-corrected chi connectivity index (χ0v) is 20.9. The molecular weight excluding hydrogens is 511 g/mol. The summed E-state index contributed by atoms with van der Waals surface area (Å²) in [4.78, 5) is 18.6. The second-order valence-corrected chi connectivity index (χ2v) is 9.29. The summed E-state index contributed by atoms with van der Waals surface area (Å²) in [5.74, 6) is 0.711. The van der Waals surface area contributed by atoms with Crippen LogP contribution in [0.1, 0.15) is 11.4 Å². The number of nitrogens with zero attached hydrogens (tertiary/aromatic N) is 5. The van der Waals surface area contributed by atoms with Crippen molar-refractivity contribution in [2.45, 2.75) is 12.6 Å². The molecule has 1 amide bonds. The highest BCUT2D eigenvalue weighted by Gasteiger charge is 2.36. The molecule has 0 unspecified atom stereocenters. The molecular formula is C27H24F3N7O2. The first-order valence-corrected chi connectivity index (χ1v) is 12.4. The van der Waals surface area contributed by atoms with Crippen molar-refractivity contribution in [3.05, 3.63) is 66.1 Å². The largest absolute Gasteiger partial charge is 0.481 e. The van der Waals surface area contributed by atoms with Crippen molar-refractivity contribution < 1.29 is 22.7 Å². The number of benzene rings is 2. The molecule has 2 aliphatic heterocycles. The van der Waals surface area contributed by atoms with Crippen LogP contribution in [0, 0.1) is 0 Å². The minimum atomic E-state index is -4.57. The summed E-state index contributed by atoms with van der Waals surface area (Å²) in [5, 5.41) is 14.5. The van der Waals surface area contributed by atoms with E-state index in [1.807, 2.05) is 18.2 Å². The number of piperazine rings is 1. The van der Waals surface area contributed by atoms with E-state index in [4.69, 9.17) is 4.74 Å². The lowest BCUT2D eigenvalue weighted by atomic mass is 10.0. The molecule has 12 heteroatoms. The summed E-state index contributed by atoms with van der Waals surface area (Å²) in [6.07, 6.45) is -2.98. The number of halogens is 3. The average Bonchev–Trinajstić information content (AvgIpc) is 3.29. The summed E-state index contributed by atoms with van der Waals surface area (Å²) in [6, 6.07) is 13.2. The van der Waals surface area contributed by atoms with Gasteiger partial charge in [-0.2, -0.15) is 13.2 Å². The second kappa shape index (κ2) is 9.70. The fourth-order valence-corrected chi connectivity index (χ4v) is 4.97. The van der Waals surface area contributed by atoms with Gasteiger partial charge in [0.05, 0.1) is 30.5 Å². The van der Waals surface area contributed by atoms with Crippen LogP contribution in [-0.4, -0.2) is 58.9 Å². The van der Waals surface area contributed by atoms with Crippen molar-refractivity contribution in [1.29, 1.82) is 0 Å². The molecule has 1 saturated heterocycles. The monoisotopic (exact) mass is 535 g/mol. The maximum atomic E-state index is 14.3. The predicted octanol–water partition coefficient (Wildman–Crippen LogP) is 3.93. The van der Waals surface area contributed by atoms with Crippen LogP contribution >= 0.6 is 0 Å². The van der Waals surface area contributed by atoms with Gasteiger partial charge in [-0.1, -0.05) is 6.07 Å².